The maximum absolute atomic E-state index is 13.0. The molecule has 44 heavy (non-hydrogen) atoms. The first-order valence-electron chi connectivity index (χ1n) is 14.4. The normalized spacial score (nSPS) is 18.5. The van der Waals surface area contributed by atoms with Gasteiger partial charge in [-0.05, 0) is 76.6 Å². The summed E-state index contributed by atoms with van der Waals surface area (Å²) in [6, 6.07) is 3.00. The van der Waals surface area contributed by atoms with Crippen LogP contribution in [0, 0.1) is 11.3 Å². The molecule has 1 aliphatic carbocycles. The number of rotatable bonds is 11. The van der Waals surface area contributed by atoms with E-state index in [1.54, 1.807) is 7.05 Å². The van der Waals surface area contributed by atoms with E-state index < -0.39 is 17.5 Å². The zero-order valence-corrected chi connectivity index (χ0v) is 27.1. The van der Waals surface area contributed by atoms with Crippen LogP contribution >= 0.6 is 23.5 Å². The molecule has 2 aromatic heterocycles. The maximum Gasteiger partial charge on any atom is 0.394 e. The van der Waals surface area contributed by atoms with E-state index in [-0.39, 0.29) is 36.6 Å². The van der Waals surface area contributed by atoms with Gasteiger partial charge in [0, 0.05) is 24.5 Å². The molecule has 4 rings (SSSR count). The van der Waals surface area contributed by atoms with Gasteiger partial charge in [0.2, 0.25) is 0 Å². The van der Waals surface area contributed by atoms with Crippen molar-refractivity contribution >= 4 is 34.5 Å². The van der Waals surface area contributed by atoms with Crippen LogP contribution in [-0.4, -0.2) is 57.6 Å². The van der Waals surface area contributed by atoms with Crippen LogP contribution in [0.1, 0.15) is 69.7 Å². The second kappa shape index (κ2) is 15.3. The summed E-state index contributed by atoms with van der Waals surface area (Å²) in [7, 11) is 1.66. The fourth-order valence-electron chi connectivity index (χ4n) is 4.77. The highest BCUT2D eigenvalue weighted by Crippen LogP contribution is 2.59. The van der Waals surface area contributed by atoms with Crippen LogP contribution in [0.4, 0.5) is 13.2 Å². The molecular formula is C30H41ClF3N7O2S. The number of carbonyl (C=O) groups excluding carboxylic acids is 1. The Balaban J connectivity index is 0.000000448. The number of nitrogens with one attached hydrogen (secondary N) is 3. The first-order valence-corrected chi connectivity index (χ1v) is 15.6. The highest BCUT2D eigenvalue weighted by atomic mass is 35.5. The molecule has 3 N–H and O–H groups in total. The summed E-state index contributed by atoms with van der Waals surface area (Å²) in [4.78, 5) is 20.7. The van der Waals surface area contributed by atoms with Crippen LogP contribution in [0.25, 0.3) is 5.82 Å². The van der Waals surface area contributed by atoms with Crippen molar-refractivity contribution in [1.29, 1.82) is 0 Å². The van der Waals surface area contributed by atoms with Crippen molar-refractivity contribution in [2.75, 3.05) is 20.2 Å². The number of hydrogen-bond donors (Lipinski definition) is 3. The Kier molecular flexibility index (Phi) is 12.3. The Hall–Kier alpha value is -3.03. The predicted octanol–water partition coefficient (Wildman–Crippen LogP) is 6.86. The molecule has 1 aliphatic heterocycles. The van der Waals surface area contributed by atoms with E-state index in [1.165, 1.54) is 61.1 Å². The quantitative estimate of drug-likeness (QED) is 0.105. The van der Waals surface area contributed by atoms with E-state index in [2.05, 4.69) is 64.4 Å². The van der Waals surface area contributed by atoms with Crippen molar-refractivity contribution in [3.63, 3.8) is 0 Å². The number of carbonyl (C=O) groups is 1. The third-order valence-corrected chi connectivity index (χ3v) is 8.54. The molecule has 1 unspecified atom stereocenters. The fraction of sp³-hybridized carbons (Fsp3) is 0.533. The lowest BCUT2D eigenvalue weighted by Gasteiger charge is -2.18. The molecule has 3 heterocycles. The summed E-state index contributed by atoms with van der Waals surface area (Å²) < 4.78 is 48.4. The average molecular weight is 656 g/mol. The third kappa shape index (κ3) is 10.00. The summed E-state index contributed by atoms with van der Waals surface area (Å²) in [5.41, 5.74) is -1.08. The van der Waals surface area contributed by atoms with Crippen molar-refractivity contribution in [3.8, 4) is 11.6 Å². The number of pyridine rings is 1. The Labute approximate surface area is 266 Å². The standard InChI is InChI=1S/C21H22ClF3N6O2S.C9H19N/c1-4-17(28-13(2)26-3)34-30-19(32)15-5-6-16(29-18(15)22)31-12-14(11-27-31)33-10-9-20(7-8-20)21(23,24)25;1-4-5-8-6-9(2,3)10-7-8/h4-6,11-12,26H,1-2,7-10H2,3H3,(H,30,32);8,10H,4-7H2,1-3H3/b28-17+;. The minimum atomic E-state index is -4.21. The molecule has 9 nitrogen and oxygen atoms in total. The SMILES string of the molecule is C=C/C(=N\C(=C)NC)SNC(=O)c1ccc(-n2cc(OCCC3(C(F)(F)F)CC3)cn2)nc1Cl.CCCC1CNC(C)(C)C1. The van der Waals surface area contributed by atoms with Gasteiger partial charge in [-0.1, -0.05) is 38.1 Å². The second-order valence-corrected chi connectivity index (χ2v) is 12.7. The predicted molar refractivity (Wildman–Crippen MR) is 170 cm³/mol. The molecule has 1 amide bonds. The summed E-state index contributed by atoms with van der Waals surface area (Å²) >= 11 is 7.12. The number of amides is 1. The first kappa shape index (κ1) is 35.4. The van der Waals surface area contributed by atoms with Crippen molar-refractivity contribution in [1.82, 2.24) is 30.1 Å². The highest BCUT2D eigenvalue weighted by Gasteiger charge is 2.62. The topological polar surface area (TPSA) is 105 Å². The number of hydrogen-bond acceptors (Lipinski definition) is 8. The van der Waals surface area contributed by atoms with Gasteiger partial charge in [0.15, 0.2) is 11.6 Å². The minimum Gasteiger partial charge on any atom is -0.490 e. The maximum atomic E-state index is 13.0. The van der Waals surface area contributed by atoms with Gasteiger partial charge in [0.05, 0.1) is 30.0 Å². The zero-order chi connectivity index (χ0) is 32.5. The van der Waals surface area contributed by atoms with Gasteiger partial charge in [0.25, 0.3) is 5.91 Å². The van der Waals surface area contributed by atoms with Crippen LogP contribution in [0.15, 0.2) is 54.6 Å². The molecule has 0 spiro atoms. The van der Waals surface area contributed by atoms with E-state index in [1.807, 2.05) is 0 Å². The minimum absolute atomic E-state index is 0.0638. The smallest absolute Gasteiger partial charge is 0.394 e. The lowest BCUT2D eigenvalue weighted by molar-refractivity contribution is -0.190. The van der Waals surface area contributed by atoms with Crippen LogP contribution in [-0.2, 0) is 0 Å². The van der Waals surface area contributed by atoms with Crippen molar-refractivity contribution in [2.24, 2.45) is 16.3 Å². The number of nitrogens with zero attached hydrogens (tertiary/aromatic N) is 4. The van der Waals surface area contributed by atoms with Gasteiger partial charge in [-0.25, -0.2) is 14.7 Å². The molecule has 1 saturated heterocycles. The number of halogens is 4. The molecule has 1 saturated carbocycles. The molecule has 0 bridgehead atoms. The molecule has 1 atom stereocenters. The van der Waals surface area contributed by atoms with Gasteiger partial charge in [0.1, 0.15) is 16.0 Å². The average Bonchev–Trinajstić information content (AvgIpc) is 3.50. The second-order valence-electron chi connectivity index (χ2n) is 11.5. The largest absolute Gasteiger partial charge is 0.490 e. The van der Waals surface area contributed by atoms with Gasteiger partial charge < -0.3 is 15.4 Å². The fourth-order valence-corrected chi connectivity index (χ4v) is 5.55. The van der Waals surface area contributed by atoms with Crippen molar-refractivity contribution < 1.29 is 22.7 Å². The van der Waals surface area contributed by atoms with E-state index in [4.69, 9.17) is 16.3 Å². The Bertz CT molecular complexity index is 1340. The molecule has 2 fully saturated rings. The molecule has 2 aromatic rings. The highest BCUT2D eigenvalue weighted by molar-refractivity contribution is 8.13. The summed E-state index contributed by atoms with van der Waals surface area (Å²) in [6.07, 6.45) is 4.35. The summed E-state index contributed by atoms with van der Waals surface area (Å²) in [6.45, 7) is 15.3. The first-order chi connectivity index (χ1) is 20.7. The van der Waals surface area contributed by atoms with E-state index in [9.17, 15) is 18.0 Å². The number of ether oxygens (including phenoxy) is 1. The van der Waals surface area contributed by atoms with Gasteiger partial charge in [-0.2, -0.15) is 18.3 Å². The van der Waals surface area contributed by atoms with Crippen molar-refractivity contribution in [3.05, 3.63) is 60.3 Å². The lowest BCUT2D eigenvalue weighted by Crippen LogP contribution is -2.31. The van der Waals surface area contributed by atoms with Gasteiger partial charge >= 0.3 is 6.18 Å². The Morgan fingerprint density at radius 1 is 1.36 bits per heavy atom. The van der Waals surface area contributed by atoms with Crippen LogP contribution < -0.4 is 20.1 Å². The van der Waals surface area contributed by atoms with Crippen LogP contribution in [0.5, 0.6) is 5.75 Å². The van der Waals surface area contributed by atoms with E-state index in [0.29, 0.717) is 28.0 Å². The van der Waals surface area contributed by atoms with Gasteiger partial charge in [-0.15, -0.1) is 0 Å². The lowest BCUT2D eigenvalue weighted by atomic mass is 9.94. The Morgan fingerprint density at radius 3 is 2.64 bits per heavy atom. The number of aliphatic imine (C=N–C) groups is 1. The molecular weight excluding hydrogens is 615 g/mol. The van der Waals surface area contributed by atoms with Crippen LogP contribution in [0.2, 0.25) is 5.15 Å². The Morgan fingerprint density at radius 2 is 2.09 bits per heavy atom. The van der Waals surface area contributed by atoms with E-state index >= 15 is 0 Å². The monoisotopic (exact) mass is 655 g/mol. The molecule has 242 valence electrons. The molecule has 14 heteroatoms. The molecule has 0 aromatic carbocycles. The summed E-state index contributed by atoms with van der Waals surface area (Å²) in [5, 5.41) is 10.7. The third-order valence-electron chi connectivity index (χ3n) is 7.50. The summed E-state index contributed by atoms with van der Waals surface area (Å²) in [5.74, 6) is 1.45. The zero-order valence-electron chi connectivity index (χ0n) is 25.6. The van der Waals surface area contributed by atoms with Gasteiger partial charge in [-0.3, -0.25) is 9.52 Å². The van der Waals surface area contributed by atoms with Crippen molar-refractivity contribution in [2.45, 2.75) is 71.0 Å². The molecule has 0 radical (unpaired) electrons. The number of aromatic nitrogens is 3. The van der Waals surface area contributed by atoms with E-state index in [0.717, 1.165) is 17.9 Å². The molecule has 2 aliphatic rings. The van der Waals surface area contributed by atoms with Crippen LogP contribution in [0.3, 0.4) is 0 Å². The number of alkyl halides is 3.